The molecule has 0 radical (unpaired) electrons. The molecule has 0 heterocycles. The number of nitrogens with zero attached hydrogens (tertiary/aromatic N) is 1. The van der Waals surface area contributed by atoms with Gasteiger partial charge in [0.05, 0.1) is 5.41 Å². The molecule has 2 aromatic carbocycles. The molecule has 0 N–H and O–H groups in total. The molecule has 0 aromatic heterocycles. The number of hydrogen-bond donors (Lipinski definition) is 0. The minimum Gasteiger partial charge on any atom is -0.858 e. The molecule has 0 saturated heterocycles. The second-order valence-corrected chi connectivity index (χ2v) is 7.65. The molecule has 2 aromatic rings. The summed E-state index contributed by atoms with van der Waals surface area (Å²) in [7, 11) is -4.23. The van der Waals surface area contributed by atoms with Crippen molar-refractivity contribution in [3.05, 3.63) is 69.0 Å². The third-order valence-corrected chi connectivity index (χ3v) is 4.67. The fraction of sp³-hybridized carbons (Fsp3) is 0.118. The molecular weight excluding hydrogens is 474 g/mol. The third-order valence-electron chi connectivity index (χ3n) is 3.11. The molecule has 0 fully saturated rings. The number of ether oxygens (including phenoxy) is 1. The average Bonchev–Trinajstić information content (AvgIpc) is 2.52. The van der Waals surface area contributed by atoms with Crippen LogP contribution in [0.15, 0.2) is 56.7 Å². The van der Waals surface area contributed by atoms with Gasteiger partial charge in [-0.2, -0.15) is 12.8 Å². The van der Waals surface area contributed by atoms with E-state index in [1.165, 1.54) is 18.2 Å². The van der Waals surface area contributed by atoms with Crippen molar-refractivity contribution in [3.8, 4) is 5.75 Å². The van der Waals surface area contributed by atoms with Gasteiger partial charge in [-0.3, -0.25) is 0 Å². The predicted molar refractivity (Wildman–Crippen MR) is 96.5 cm³/mol. The van der Waals surface area contributed by atoms with Gasteiger partial charge < -0.3 is 9.84 Å². The minimum atomic E-state index is -4.82. The Morgan fingerprint density at radius 2 is 1.79 bits per heavy atom. The number of alkyl halides is 3. The Hall–Kier alpha value is -1.33. The molecule has 0 unspecified atom stereocenters. The Bertz CT molecular complexity index is 990. The summed E-state index contributed by atoms with van der Waals surface area (Å²) in [4.78, 5) is 0. The summed E-state index contributed by atoms with van der Waals surface area (Å²) in [6.07, 6.45) is -3.71. The van der Waals surface area contributed by atoms with Crippen molar-refractivity contribution in [2.75, 3.05) is 0 Å². The molecular formula is C17H12BrF3NNaO4S. The van der Waals surface area contributed by atoms with Crippen molar-refractivity contribution in [2.45, 2.75) is 13.3 Å². The second-order valence-electron chi connectivity index (χ2n) is 5.31. The van der Waals surface area contributed by atoms with Crippen molar-refractivity contribution >= 4 is 37.9 Å². The SMILES string of the molecule is Cc1ccc(/C([O-])=N/S(=O)(=O)/C=C/c2ccc(OC(F)(F)F)cc2)c(Br)c1.[Na+]. The Balaban J connectivity index is 0.00000392. The van der Waals surface area contributed by atoms with Crippen molar-refractivity contribution in [1.29, 1.82) is 0 Å². The van der Waals surface area contributed by atoms with E-state index in [0.29, 0.717) is 9.88 Å². The molecule has 0 atom stereocenters. The van der Waals surface area contributed by atoms with Crippen molar-refractivity contribution in [3.63, 3.8) is 0 Å². The van der Waals surface area contributed by atoms with E-state index in [1.54, 1.807) is 19.1 Å². The first-order chi connectivity index (χ1) is 12.5. The summed E-state index contributed by atoms with van der Waals surface area (Å²) in [6, 6.07) is 9.26. The van der Waals surface area contributed by atoms with Crippen LogP contribution in [0.3, 0.4) is 0 Å². The smallest absolute Gasteiger partial charge is 0.858 e. The van der Waals surface area contributed by atoms with Crippen molar-refractivity contribution in [2.24, 2.45) is 4.40 Å². The van der Waals surface area contributed by atoms with E-state index in [2.05, 4.69) is 25.1 Å². The van der Waals surface area contributed by atoms with Gasteiger partial charge in [0.15, 0.2) is 0 Å². The fourth-order valence-electron chi connectivity index (χ4n) is 1.93. The quantitative estimate of drug-likeness (QED) is 0.356. The van der Waals surface area contributed by atoms with Gasteiger partial charge in [0.2, 0.25) is 0 Å². The standard InChI is InChI=1S/C17H13BrF3NO4S.Na/c1-11-2-7-14(15(18)10-11)16(23)22-27(24,25)9-8-12-3-5-13(6-4-12)26-17(19,20)21;/h2-10H,1H3,(H,22,23);/q;+1/p-1/b9-8+;. The van der Waals surface area contributed by atoms with Gasteiger partial charge in [-0.25, -0.2) is 0 Å². The van der Waals surface area contributed by atoms with E-state index in [9.17, 15) is 26.7 Å². The first-order valence-corrected chi connectivity index (χ1v) is 9.57. The molecule has 11 heteroatoms. The summed E-state index contributed by atoms with van der Waals surface area (Å²) < 4.78 is 67.5. The summed E-state index contributed by atoms with van der Waals surface area (Å²) in [6.45, 7) is 1.81. The van der Waals surface area contributed by atoms with Crippen molar-refractivity contribution in [1.82, 2.24) is 0 Å². The van der Waals surface area contributed by atoms with E-state index in [0.717, 1.165) is 23.8 Å². The first-order valence-electron chi connectivity index (χ1n) is 7.27. The Kier molecular flexibility index (Phi) is 8.76. The number of hydrogen-bond acceptors (Lipinski definition) is 4. The van der Waals surface area contributed by atoms with Gasteiger partial charge >= 0.3 is 35.9 Å². The van der Waals surface area contributed by atoms with Crippen LogP contribution in [-0.2, 0) is 10.0 Å². The van der Waals surface area contributed by atoms with Gasteiger partial charge in [-0.05, 0) is 42.3 Å². The molecule has 0 bridgehead atoms. The Morgan fingerprint density at radius 1 is 1.18 bits per heavy atom. The fourth-order valence-corrected chi connectivity index (χ4v) is 3.32. The molecule has 0 aliphatic rings. The Morgan fingerprint density at radius 3 is 2.32 bits per heavy atom. The van der Waals surface area contributed by atoms with E-state index < -0.39 is 28.0 Å². The number of halogens is 4. The van der Waals surface area contributed by atoms with Crippen LogP contribution in [0.5, 0.6) is 5.75 Å². The molecule has 28 heavy (non-hydrogen) atoms. The molecule has 0 saturated carbocycles. The Labute approximate surface area is 190 Å². The number of sulfonamides is 1. The van der Waals surface area contributed by atoms with E-state index in [4.69, 9.17) is 0 Å². The van der Waals surface area contributed by atoms with Crippen LogP contribution in [-0.4, -0.2) is 20.7 Å². The number of aryl methyl sites for hydroxylation is 1. The van der Waals surface area contributed by atoms with Crippen LogP contribution in [0, 0.1) is 6.92 Å². The predicted octanol–water partition coefficient (Wildman–Crippen LogP) is 0.768. The zero-order chi connectivity index (χ0) is 20.2. The largest absolute Gasteiger partial charge is 1.00 e. The average molecular weight is 486 g/mol. The van der Waals surface area contributed by atoms with Crippen LogP contribution in [0.1, 0.15) is 16.7 Å². The summed E-state index contributed by atoms with van der Waals surface area (Å²) in [5, 5.41) is 12.7. The van der Waals surface area contributed by atoms with Crippen LogP contribution in [0.25, 0.3) is 6.08 Å². The van der Waals surface area contributed by atoms with Gasteiger partial charge in [0, 0.05) is 15.9 Å². The maximum atomic E-state index is 12.1. The topological polar surface area (TPSA) is 78.8 Å². The molecule has 0 aliphatic heterocycles. The minimum absolute atomic E-state index is 0. The van der Waals surface area contributed by atoms with E-state index in [-0.39, 0.29) is 40.7 Å². The molecule has 5 nitrogen and oxygen atoms in total. The van der Waals surface area contributed by atoms with Gasteiger partial charge in [0.25, 0.3) is 10.0 Å². The maximum absolute atomic E-state index is 12.1. The third kappa shape index (κ3) is 7.96. The summed E-state index contributed by atoms with van der Waals surface area (Å²) >= 11 is 3.17. The number of rotatable bonds is 5. The van der Waals surface area contributed by atoms with E-state index >= 15 is 0 Å². The van der Waals surface area contributed by atoms with Gasteiger partial charge in [-0.15, -0.1) is 13.2 Å². The number of benzene rings is 2. The molecule has 2 rings (SSSR count). The van der Waals surface area contributed by atoms with Crippen LogP contribution in [0.2, 0.25) is 0 Å². The van der Waals surface area contributed by atoms with Gasteiger partial charge in [-0.1, -0.05) is 40.2 Å². The van der Waals surface area contributed by atoms with Crippen LogP contribution in [0.4, 0.5) is 13.2 Å². The summed E-state index contributed by atoms with van der Waals surface area (Å²) in [5.41, 5.74) is 1.25. The zero-order valence-electron chi connectivity index (χ0n) is 14.7. The van der Waals surface area contributed by atoms with Crippen LogP contribution < -0.4 is 39.4 Å². The maximum Gasteiger partial charge on any atom is 1.00 e. The molecule has 0 spiro atoms. The molecule has 0 aliphatic carbocycles. The van der Waals surface area contributed by atoms with Gasteiger partial charge in [0.1, 0.15) is 5.75 Å². The second kappa shape index (κ2) is 9.93. The molecule has 144 valence electrons. The van der Waals surface area contributed by atoms with Crippen molar-refractivity contribution < 1.29 is 61.0 Å². The first kappa shape index (κ1) is 24.7. The van der Waals surface area contributed by atoms with E-state index in [1.807, 2.05) is 0 Å². The molecule has 0 amide bonds. The zero-order valence-corrected chi connectivity index (χ0v) is 19.1. The van der Waals surface area contributed by atoms with Crippen LogP contribution >= 0.6 is 15.9 Å². The monoisotopic (exact) mass is 485 g/mol. The summed E-state index contributed by atoms with van der Waals surface area (Å²) in [5.74, 6) is -1.38. The normalized spacial score (nSPS) is 12.7.